The number of aliphatic hydroxyl groups excluding tert-OH is 1. The summed E-state index contributed by atoms with van der Waals surface area (Å²) in [6.07, 6.45) is 3.08. The number of hydrogen-bond donors (Lipinski definition) is 2. The average Bonchev–Trinajstić information content (AvgIpc) is 3.48. The fourth-order valence-electron chi connectivity index (χ4n) is 3.20. The van der Waals surface area contributed by atoms with Crippen molar-refractivity contribution in [3.05, 3.63) is 71.1 Å². The standard InChI is InChI=1S/C23H22FN5O2S/c1-3-17(30)12-25-22(31)18-13-27-29(21(18)19-5-4-10-32-19)23-26-11-14(2)20(28-23)15-6-8-16(24)9-7-15/h4-11,13,17,30H,3,12H2,1-2H3,(H,25,31)/t17-/m1/s1. The topological polar surface area (TPSA) is 92.9 Å². The van der Waals surface area contributed by atoms with Crippen molar-refractivity contribution in [3.8, 4) is 27.8 Å². The molecule has 0 fully saturated rings. The second-order valence-electron chi connectivity index (χ2n) is 7.28. The first-order valence-corrected chi connectivity index (χ1v) is 11.0. The number of aliphatic hydroxyl groups is 1. The van der Waals surface area contributed by atoms with Gasteiger partial charge in [-0.25, -0.2) is 14.4 Å². The van der Waals surface area contributed by atoms with Crippen LogP contribution in [-0.4, -0.2) is 43.4 Å². The van der Waals surface area contributed by atoms with Crippen LogP contribution in [0.3, 0.4) is 0 Å². The lowest BCUT2D eigenvalue weighted by molar-refractivity contribution is 0.0914. The maximum Gasteiger partial charge on any atom is 0.255 e. The van der Waals surface area contributed by atoms with Crippen molar-refractivity contribution in [2.24, 2.45) is 0 Å². The van der Waals surface area contributed by atoms with Gasteiger partial charge in [0.05, 0.1) is 28.4 Å². The first kappa shape index (κ1) is 21.8. The number of rotatable bonds is 7. The monoisotopic (exact) mass is 451 g/mol. The summed E-state index contributed by atoms with van der Waals surface area (Å²) in [7, 11) is 0. The Bertz CT molecular complexity index is 1220. The second-order valence-corrected chi connectivity index (χ2v) is 8.22. The highest BCUT2D eigenvalue weighted by Crippen LogP contribution is 2.30. The molecule has 0 saturated carbocycles. The SMILES string of the molecule is CC[C@@H](O)CNC(=O)c1cnn(-c2ncc(C)c(-c3ccc(F)cc3)n2)c1-c1cccs1. The highest BCUT2D eigenvalue weighted by atomic mass is 32.1. The van der Waals surface area contributed by atoms with Crippen LogP contribution in [0.5, 0.6) is 0 Å². The molecule has 3 aromatic heterocycles. The Hall–Kier alpha value is -3.43. The number of aryl methyl sites for hydroxylation is 1. The lowest BCUT2D eigenvalue weighted by atomic mass is 10.1. The fourth-order valence-corrected chi connectivity index (χ4v) is 3.97. The minimum absolute atomic E-state index is 0.153. The Morgan fingerprint density at radius 2 is 2.03 bits per heavy atom. The smallest absolute Gasteiger partial charge is 0.255 e. The summed E-state index contributed by atoms with van der Waals surface area (Å²) in [5, 5.41) is 18.9. The highest BCUT2D eigenvalue weighted by molar-refractivity contribution is 7.13. The molecule has 0 spiro atoms. The van der Waals surface area contributed by atoms with Crippen molar-refractivity contribution in [3.63, 3.8) is 0 Å². The Kier molecular flexibility index (Phi) is 6.38. The van der Waals surface area contributed by atoms with E-state index in [2.05, 4.69) is 20.4 Å². The van der Waals surface area contributed by atoms with Gasteiger partial charge >= 0.3 is 0 Å². The van der Waals surface area contributed by atoms with Gasteiger partial charge in [0.15, 0.2) is 0 Å². The average molecular weight is 452 g/mol. The summed E-state index contributed by atoms with van der Waals surface area (Å²) in [6, 6.07) is 9.87. The van der Waals surface area contributed by atoms with E-state index in [9.17, 15) is 14.3 Å². The number of carbonyl (C=O) groups excluding carboxylic acids is 1. The molecule has 4 aromatic rings. The van der Waals surface area contributed by atoms with E-state index in [1.54, 1.807) is 18.3 Å². The number of halogens is 1. The van der Waals surface area contributed by atoms with Crippen LogP contribution in [0.2, 0.25) is 0 Å². The summed E-state index contributed by atoms with van der Waals surface area (Å²) in [4.78, 5) is 22.8. The highest BCUT2D eigenvalue weighted by Gasteiger charge is 2.23. The maximum absolute atomic E-state index is 13.4. The van der Waals surface area contributed by atoms with Crippen LogP contribution in [0, 0.1) is 12.7 Å². The molecule has 164 valence electrons. The molecule has 0 aliphatic rings. The molecule has 4 rings (SSSR count). The van der Waals surface area contributed by atoms with Gasteiger partial charge in [0.2, 0.25) is 0 Å². The van der Waals surface area contributed by atoms with Gasteiger partial charge in [-0.2, -0.15) is 9.78 Å². The normalized spacial score (nSPS) is 12.0. The third kappa shape index (κ3) is 4.44. The van der Waals surface area contributed by atoms with Gasteiger partial charge in [-0.1, -0.05) is 13.0 Å². The van der Waals surface area contributed by atoms with Crippen LogP contribution < -0.4 is 5.32 Å². The molecule has 9 heteroatoms. The van der Waals surface area contributed by atoms with Crippen LogP contribution in [-0.2, 0) is 0 Å². The minimum Gasteiger partial charge on any atom is -0.391 e. The summed E-state index contributed by atoms with van der Waals surface area (Å²) >= 11 is 1.47. The summed E-state index contributed by atoms with van der Waals surface area (Å²) in [5.74, 6) is -0.361. The van der Waals surface area contributed by atoms with Crippen LogP contribution in [0.4, 0.5) is 4.39 Å². The van der Waals surface area contributed by atoms with Crippen LogP contribution >= 0.6 is 11.3 Å². The zero-order chi connectivity index (χ0) is 22.7. The van der Waals surface area contributed by atoms with Crippen LogP contribution in [0.15, 0.2) is 54.2 Å². The third-order valence-corrected chi connectivity index (χ3v) is 5.88. The zero-order valence-corrected chi connectivity index (χ0v) is 18.4. The van der Waals surface area contributed by atoms with E-state index >= 15 is 0 Å². The molecule has 0 saturated heterocycles. The van der Waals surface area contributed by atoms with Gasteiger partial charge in [0.25, 0.3) is 11.9 Å². The molecule has 2 N–H and O–H groups in total. The molecule has 3 heterocycles. The Morgan fingerprint density at radius 3 is 2.72 bits per heavy atom. The Labute approximate surface area is 188 Å². The largest absolute Gasteiger partial charge is 0.391 e. The number of carbonyl (C=O) groups is 1. The molecule has 0 bridgehead atoms. The predicted molar refractivity (Wildman–Crippen MR) is 121 cm³/mol. The van der Waals surface area contributed by atoms with Crippen molar-refractivity contribution in [2.75, 3.05) is 6.54 Å². The number of amides is 1. The molecule has 0 aliphatic carbocycles. The summed E-state index contributed by atoms with van der Waals surface area (Å²) in [5.41, 5.74) is 3.17. The number of benzene rings is 1. The lowest BCUT2D eigenvalue weighted by Crippen LogP contribution is -2.31. The van der Waals surface area contributed by atoms with E-state index < -0.39 is 6.10 Å². The first-order valence-electron chi connectivity index (χ1n) is 10.2. The maximum atomic E-state index is 13.4. The molecule has 32 heavy (non-hydrogen) atoms. The Morgan fingerprint density at radius 1 is 1.25 bits per heavy atom. The third-order valence-electron chi connectivity index (χ3n) is 5.00. The van der Waals surface area contributed by atoms with Crippen LogP contribution in [0.25, 0.3) is 27.8 Å². The molecule has 7 nitrogen and oxygen atoms in total. The predicted octanol–water partition coefficient (Wildman–Crippen LogP) is 4.01. The van der Waals surface area contributed by atoms with Crippen molar-refractivity contribution in [1.82, 2.24) is 25.1 Å². The summed E-state index contributed by atoms with van der Waals surface area (Å²) < 4.78 is 14.9. The van der Waals surface area contributed by atoms with E-state index in [0.717, 1.165) is 16.0 Å². The zero-order valence-electron chi connectivity index (χ0n) is 17.6. The number of nitrogens with one attached hydrogen (secondary N) is 1. The minimum atomic E-state index is -0.613. The van der Waals surface area contributed by atoms with Crippen molar-refractivity contribution < 1.29 is 14.3 Å². The fraction of sp³-hybridized carbons (Fsp3) is 0.217. The molecule has 1 aromatic carbocycles. The van der Waals surface area contributed by atoms with E-state index in [0.29, 0.717) is 29.3 Å². The molecule has 1 atom stereocenters. The number of thiophene rings is 1. The molecule has 0 unspecified atom stereocenters. The van der Waals surface area contributed by atoms with Crippen LogP contribution in [0.1, 0.15) is 29.3 Å². The van der Waals surface area contributed by atoms with E-state index in [4.69, 9.17) is 0 Å². The summed E-state index contributed by atoms with van der Waals surface area (Å²) in [6.45, 7) is 3.88. The van der Waals surface area contributed by atoms with Crippen molar-refractivity contribution >= 4 is 17.2 Å². The lowest BCUT2D eigenvalue weighted by Gasteiger charge is -2.11. The van der Waals surface area contributed by atoms with Gasteiger partial charge in [-0.3, -0.25) is 4.79 Å². The number of nitrogens with zero attached hydrogens (tertiary/aromatic N) is 4. The van der Waals surface area contributed by atoms with Gasteiger partial charge in [-0.15, -0.1) is 11.3 Å². The van der Waals surface area contributed by atoms with Gasteiger partial charge in [0, 0.05) is 18.3 Å². The quantitative estimate of drug-likeness (QED) is 0.443. The molecular weight excluding hydrogens is 429 g/mol. The van der Waals surface area contributed by atoms with Crippen molar-refractivity contribution in [2.45, 2.75) is 26.4 Å². The van der Waals surface area contributed by atoms with Gasteiger partial charge < -0.3 is 10.4 Å². The van der Waals surface area contributed by atoms with E-state index in [1.807, 2.05) is 31.4 Å². The molecule has 0 aliphatic heterocycles. The second kappa shape index (κ2) is 9.37. The van der Waals surface area contributed by atoms with Gasteiger partial charge in [0.1, 0.15) is 11.5 Å². The number of aromatic nitrogens is 4. The van der Waals surface area contributed by atoms with Crippen molar-refractivity contribution in [1.29, 1.82) is 0 Å². The molecule has 1 amide bonds. The van der Waals surface area contributed by atoms with E-state index in [-0.39, 0.29) is 18.3 Å². The first-order chi connectivity index (χ1) is 15.5. The number of hydrogen-bond acceptors (Lipinski definition) is 6. The molecular formula is C23H22FN5O2S. The molecule has 0 radical (unpaired) electrons. The Balaban J connectivity index is 1.77. The van der Waals surface area contributed by atoms with E-state index in [1.165, 1.54) is 34.3 Å². The van der Waals surface area contributed by atoms with Gasteiger partial charge in [-0.05, 0) is 54.6 Å².